The molecule has 0 bridgehead atoms. The van der Waals surface area contributed by atoms with Gasteiger partial charge in [-0.2, -0.15) is 21.6 Å². The zero-order valence-corrected chi connectivity index (χ0v) is 40.0. The summed E-state index contributed by atoms with van der Waals surface area (Å²) >= 11 is 0. The third kappa shape index (κ3) is 14.9. The van der Waals surface area contributed by atoms with E-state index in [9.17, 15) is 26.7 Å². The molecule has 2 heterocycles. The summed E-state index contributed by atoms with van der Waals surface area (Å²) in [5.74, 6) is 0. The molecule has 0 unspecified atom stereocenters. The normalized spacial score (nSPS) is 24.7. The van der Waals surface area contributed by atoms with E-state index in [1.807, 2.05) is 97.1 Å². The predicted octanol–water partition coefficient (Wildman–Crippen LogP) is 8.82. The maximum absolute atomic E-state index is 14.4. The summed E-state index contributed by atoms with van der Waals surface area (Å²) in [4.78, 5) is 0. The van der Waals surface area contributed by atoms with Gasteiger partial charge in [0.1, 0.15) is 48.8 Å². The second-order valence-corrected chi connectivity index (χ2v) is 18.8. The highest BCUT2D eigenvalue weighted by Crippen LogP contribution is 2.38. The van der Waals surface area contributed by atoms with Crippen molar-refractivity contribution in [3.05, 3.63) is 215 Å². The van der Waals surface area contributed by atoms with Gasteiger partial charge in [-0.25, -0.2) is 0 Å². The molecule has 0 amide bonds. The van der Waals surface area contributed by atoms with Crippen LogP contribution < -0.4 is 0 Å². The molecular weight excluding hydrogens is 958 g/mol. The summed E-state index contributed by atoms with van der Waals surface area (Å²) in [7, 11) is -6.30. The topological polar surface area (TPSA) is 147 Å². The van der Waals surface area contributed by atoms with E-state index in [-0.39, 0.29) is 46.2 Å². The summed E-state index contributed by atoms with van der Waals surface area (Å²) in [5, 5.41) is 11.9. The summed E-state index contributed by atoms with van der Waals surface area (Å²) in [6.07, 6.45) is -14.7. The molecule has 6 aromatic carbocycles. The quantitative estimate of drug-likeness (QED) is 0.0456. The number of hydrogen-bond acceptors (Lipinski definition) is 13. The van der Waals surface area contributed by atoms with Gasteiger partial charge in [0.2, 0.25) is 0 Å². The second kappa shape index (κ2) is 26.0. The molecule has 0 aromatic heterocycles. The number of alkyl halides is 3. The van der Waals surface area contributed by atoms with Gasteiger partial charge in [-0.05, 0) is 33.4 Å². The Balaban J connectivity index is 1.21. The maximum atomic E-state index is 14.4. The molecule has 2 saturated heterocycles. The second-order valence-electron chi connectivity index (χ2n) is 17.2. The fraction of sp³-hybridized carbons (Fsp3) is 0.345. The summed E-state index contributed by atoms with van der Waals surface area (Å²) in [5.41, 5.74) is -1.42. The number of rotatable bonds is 24. The van der Waals surface area contributed by atoms with Crippen molar-refractivity contribution in [2.45, 2.75) is 107 Å². The van der Waals surface area contributed by atoms with E-state index >= 15 is 0 Å². The van der Waals surface area contributed by atoms with Crippen LogP contribution in [0, 0.1) is 0 Å². The highest BCUT2D eigenvalue weighted by atomic mass is 32.2. The van der Waals surface area contributed by atoms with Gasteiger partial charge in [0, 0.05) is 0 Å². The van der Waals surface area contributed by atoms with E-state index in [4.69, 9.17) is 46.8 Å². The first kappa shape index (κ1) is 52.9. The SMILES string of the molecule is O=S(=O)(O[C@@H]1[C@H](OCc2ccccc2)[C@@H](OCc2ccccc2)[C@@H](O[C@H]2[C@H](OCc3ccccc3)[C@@H](OCc3ccccc3)[C@@H](O)O[C@@H]2COCc2ccccc2)O[C@@H]1COCc1ccccc1)C(F)(F)F. The molecule has 0 saturated carbocycles. The number of aliphatic hydroxyl groups excluding tert-OH is 1. The third-order valence-corrected chi connectivity index (χ3v) is 13.0. The molecule has 2 aliphatic heterocycles. The van der Waals surface area contributed by atoms with Gasteiger partial charge in [-0.3, -0.25) is 4.18 Å². The first-order valence-electron chi connectivity index (χ1n) is 23.5. The van der Waals surface area contributed by atoms with E-state index < -0.39 is 83.6 Å². The van der Waals surface area contributed by atoms with Crippen LogP contribution in [0.3, 0.4) is 0 Å². The van der Waals surface area contributed by atoms with Crippen LogP contribution in [0.25, 0.3) is 0 Å². The van der Waals surface area contributed by atoms with E-state index in [0.29, 0.717) is 11.1 Å². The first-order valence-corrected chi connectivity index (χ1v) is 24.9. The van der Waals surface area contributed by atoms with Crippen molar-refractivity contribution in [1.29, 1.82) is 0 Å². The monoisotopic (exact) mass is 1010 g/mol. The van der Waals surface area contributed by atoms with E-state index in [1.54, 1.807) is 84.9 Å². The van der Waals surface area contributed by atoms with Crippen LogP contribution in [0.5, 0.6) is 0 Å². The van der Waals surface area contributed by atoms with Gasteiger partial charge in [0.05, 0.1) is 52.9 Å². The third-order valence-electron chi connectivity index (χ3n) is 11.9. The van der Waals surface area contributed by atoms with Crippen LogP contribution in [-0.2, 0) is 96.6 Å². The minimum atomic E-state index is -6.30. The Kier molecular flexibility index (Phi) is 19.1. The van der Waals surface area contributed by atoms with Crippen LogP contribution in [-0.4, -0.2) is 93.7 Å². The van der Waals surface area contributed by atoms with Crippen LogP contribution in [0.2, 0.25) is 0 Å². The highest BCUT2D eigenvalue weighted by Gasteiger charge is 2.58. The van der Waals surface area contributed by atoms with Crippen molar-refractivity contribution in [3.63, 3.8) is 0 Å². The van der Waals surface area contributed by atoms with Crippen molar-refractivity contribution in [3.8, 4) is 0 Å². The average Bonchev–Trinajstić information content (AvgIpc) is 3.39. The van der Waals surface area contributed by atoms with Gasteiger partial charge >= 0.3 is 15.6 Å². The molecule has 2 aliphatic rings. The maximum Gasteiger partial charge on any atom is 0.523 e. The lowest BCUT2D eigenvalue weighted by Crippen LogP contribution is -2.66. The fourth-order valence-corrected chi connectivity index (χ4v) is 8.96. The Morgan fingerprint density at radius 2 is 0.736 bits per heavy atom. The van der Waals surface area contributed by atoms with E-state index in [2.05, 4.69) is 0 Å². The summed E-state index contributed by atoms with van der Waals surface area (Å²) in [6, 6.07) is 54.7. The smallest absolute Gasteiger partial charge is 0.374 e. The molecule has 8 rings (SSSR count). The summed E-state index contributed by atoms with van der Waals surface area (Å²) < 4.78 is 133. The first-order chi connectivity index (χ1) is 35.0. The number of hydrogen-bond donors (Lipinski definition) is 1. The van der Waals surface area contributed by atoms with Crippen molar-refractivity contribution in [2.75, 3.05) is 13.2 Å². The number of halogens is 3. The Labute approximate surface area is 417 Å². The lowest BCUT2D eigenvalue weighted by molar-refractivity contribution is -0.370. The van der Waals surface area contributed by atoms with Crippen molar-refractivity contribution in [2.24, 2.45) is 0 Å². The molecule has 72 heavy (non-hydrogen) atoms. The molecule has 13 nitrogen and oxygen atoms in total. The number of benzene rings is 6. The molecule has 1 N–H and O–H groups in total. The predicted molar refractivity (Wildman–Crippen MR) is 257 cm³/mol. The van der Waals surface area contributed by atoms with E-state index in [1.165, 1.54) is 0 Å². The molecule has 2 fully saturated rings. The summed E-state index contributed by atoms with van der Waals surface area (Å²) in [6.45, 7) is -0.868. The van der Waals surface area contributed by atoms with Crippen molar-refractivity contribution < 1.29 is 73.5 Å². The lowest BCUT2D eigenvalue weighted by atomic mass is 9.96. The molecule has 17 heteroatoms. The van der Waals surface area contributed by atoms with E-state index in [0.717, 1.165) is 22.3 Å². The van der Waals surface area contributed by atoms with Gasteiger partial charge in [-0.15, -0.1) is 0 Å². The van der Waals surface area contributed by atoms with Gasteiger partial charge < -0.3 is 47.7 Å². The average molecular weight is 1020 g/mol. The Bertz CT molecular complexity index is 2590. The number of ether oxygens (including phenoxy) is 9. The molecule has 6 aromatic rings. The van der Waals surface area contributed by atoms with Crippen LogP contribution in [0.15, 0.2) is 182 Å². The van der Waals surface area contributed by atoms with Crippen LogP contribution in [0.1, 0.15) is 33.4 Å². The highest BCUT2D eigenvalue weighted by molar-refractivity contribution is 7.87. The van der Waals surface area contributed by atoms with Gasteiger partial charge in [0.25, 0.3) is 0 Å². The Morgan fingerprint density at radius 1 is 0.417 bits per heavy atom. The Morgan fingerprint density at radius 3 is 1.11 bits per heavy atom. The molecule has 0 spiro atoms. The van der Waals surface area contributed by atoms with Crippen molar-refractivity contribution in [1.82, 2.24) is 0 Å². The zero-order chi connectivity index (χ0) is 50.2. The minimum Gasteiger partial charge on any atom is -0.374 e. The fourth-order valence-electron chi connectivity index (χ4n) is 8.32. The molecule has 10 atom stereocenters. The van der Waals surface area contributed by atoms with Crippen LogP contribution in [0.4, 0.5) is 13.2 Å². The minimum absolute atomic E-state index is 0.0182. The lowest BCUT2D eigenvalue weighted by Gasteiger charge is -2.49. The zero-order valence-electron chi connectivity index (χ0n) is 39.1. The molecule has 0 radical (unpaired) electrons. The molecular formula is C55H57F3O13S. The number of aliphatic hydroxyl groups is 1. The van der Waals surface area contributed by atoms with Gasteiger partial charge in [0.15, 0.2) is 12.6 Å². The standard InChI is InChI=1S/C55H57F3O13S/c56-55(57,58)72(60,61)71-48-46(38-63-32-40-21-9-2-10-22-40)69-54(52(67-36-44-29-17-6-18-30-44)50(48)65-34-42-25-13-4-14-26-42)70-47-45(37-62-31-39-19-7-1-8-20-39)68-53(59)51(66-35-43-27-15-5-16-28-43)49(47)64-33-41-23-11-3-12-24-41/h1-30,45-54,59H,31-38H2/t45-,46-,47-,48+,49+,50+,51-,52-,53+,54-/m1/s1. The van der Waals surface area contributed by atoms with Crippen molar-refractivity contribution >= 4 is 10.1 Å². The Hall–Kier alpha value is -5.38. The van der Waals surface area contributed by atoms with Crippen LogP contribution >= 0.6 is 0 Å². The molecule has 382 valence electrons. The molecule has 0 aliphatic carbocycles. The van der Waals surface area contributed by atoms with Gasteiger partial charge in [-0.1, -0.05) is 182 Å². The largest absolute Gasteiger partial charge is 0.523 e.